The van der Waals surface area contributed by atoms with Crippen molar-refractivity contribution in [2.45, 2.75) is 52.7 Å². The smallest absolute Gasteiger partial charge is 0.158 e. The monoisotopic (exact) mass is 289 g/mol. The van der Waals surface area contributed by atoms with Gasteiger partial charge in [-0.15, -0.1) is 0 Å². The van der Waals surface area contributed by atoms with Crippen LogP contribution in [0.15, 0.2) is 4.99 Å². The van der Waals surface area contributed by atoms with E-state index in [1.807, 2.05) is 13.8 Å². The first-order valence-electron chi connectivity index (χ1n) is 7.13. The van der Waals surface area contributed by atoms with Gasteiger partial charge < -0.3 is 15.3 Å². The third-order valence-corrected chi connectivity index (χ3v) is 3.37. The van der Waals surface area contributed by atoms with Crippen molar-refractivity contribution >= 4 is 16.9 Å². The molecular weight excluding hydrogens is 258 g/mol. The minimum atomic E-state index is -0.663. The van der Waals surface area contributed by atoms with Gasteiger partial charge in [-0.25, -0.2) is 0 Å². The molecule has 0 bridgehead atoms. The first-order valence-corrected chi connectivity index (χ1v) is 8.35. The second-order valence-electron chi connectivity index (χ2n) is 5.50. The van der Waals surface area contributed by atoms with Crippen molar-refractivity contribution in [1.29, 1.82) is 0 Å². The standard InChI is InChI=1S/C14H31N3OS/c1-7-9-17(13(19-6)15-8-2)10-12(3)16-11-14(4,5)18/h12,16,18H,7-11H2,1-6H3. The Bertz CT molecular complexity index is 264. The van der Waals surface area contributed by atoms with E-state index in [0.29, 0.717) is 12.6 Å². The molecule has 0 saturated carbocycles. The summed E-state index contributed by atoms with van der Waals surface area (Å²) >= 11 is 1.71. The van der Waals surface area contributed by atoms with Gasteiger partial charge in [-0.1, -0.05) is 18.7 Å². The molecule has 0 aliphatic carbocycles. The molecule has 2 N–H and O–H groups in total. The molecule has 19 heavy (non-hydrogen) atoms. The quantitative estimate of drug-likeness (QED) is 0.531. The Hall–Kier alpha value is -0.260. The van der Waals surface area contributed by atoms with Crippen molar-refractivity contribution < 1.29 is 5.11 Å². The lowest BCUT2D eigenvalue weighted by Crippen LogP contribution is -2.46. The Morgan fingerprint density at radius 3 is 2.47 bits per heavy atom. The highest BCUT2D eigenvalue weighted by Crippen LogP contribution is 2.08. The fourth-order valence-electron chi connectivity index (χ4n) is 1.78. The van der Waals surface area contributed by atoms with E-state index >= 15 is 0 Å². The van der Waals surface area contributed by atoms with Crippen molar-refractivity contribution in [3.63, 3.8) is 0 Å². The summed E-state index contributed by atoms with van der Waals surface area (Å²) in [6.07, 6.45) is 3.19. The zero-order valence-electron chi connectivity index (χ0n) is 13.4. The van der Waals surface area contributed by atoms with Crippen molar-refractivity contribution in [2.75, 3.05) is 32.4 Å². The van der Waals surface area contributed by atoms with Gasteiger partial charge >= 0.3 is 0 Å². The van der Waals surface area contributed by atoms with E-state index in [4.69, 9.17) is 0 Å². The average molecular weight is 289 g/mol. The maximum atomic E-state index is 9.74. The fraction of sp³-hybridized carbons (Fsp3) is 0.929. The molecule has 0 aliphatic heterocycles. The molecule has 114 valence electrons. The first-order chi connectivity index (χ1) is 8.84. The van der Waals surface area contributed by atoms with Gasteiger partial charge in [0, 0.05) is 32.2 Å². The van der Waals surface area contributed by atoms with Crippen LogP contribution in [-0.2, 0) is 0 Å². The predicted octanol–water partition coefficient (Wildman–Crippen LogP) is 2.19. The summed E-state index contributed by atoms with van der Waals surface area (Å²) < 4.78 is 0. The van der Waals surface area contributed by atoms with Crippen molar-refractivity contribution in [2.24, 2.45) is 4.99 Å². The van der Waals surface area contributed by atoms with Gasteiger partial charge in [-0.2, -0.15) is 0 Å². The molecule has 0 aromatic heterocycles. The van der Waals surface area contributed by atoms with Gasteiger partial charge in [0.25, 0.3) is 0 Å². The molecular formula is C14H31N3OS. The number of nitrogens with one attached hydrogen (secondary N) is 1. The van der Waals surface area contributed by atoms with Crippen LogP contribution < -0.4 is 5.32 Å². The molecule has 0 spiro atoms. The van der Waals surface area contributed by atoms with E-state index in [1.165, 1.54) is 0 Å². The highest BCUT2D eigenvalue weighted by atomic mass is 32.2. The highest BCUT2D eigenvalue weighted by molar-refractivity contribution is 8.13. The van der Waals surface area contributed by atoms with Gasteiger partial charge in [-0.05, 0) is 40.4 Å². The highest BCUT2D eigenvalue weighted by Gasteiger charge is 2.17. The number of hydrogen-bond acceptors (Lipinski definition) is 4. The molecule has 0 rings (SSSR count). The molecule has 0 saturated heterocycles. The minimum absolute atomic E-state index is 0.326. The van der Waals surface area contributed by atoms with E-state index in [1.54, 1.807) is 11.8 Å². The van der Waals surface area contributed by atoms with Crippen LogP contribution in [0.5, 0.6) is 0 Å². The Morgan fingerprint density at radius 1 is 1.42 bits per heavy atom. The molecule has 0 heterocycles. The lowest BCUT2D eigenvalue weighted by Gasteiger charge is -2.29. The van der Waals surface area contributed by atoms with E-state index in [0.717, 1.165) is 31.2 Å². The van der Waals surface area contributed by atoms with Gasteiger partial charge in [0.15, 0.2) is 5.17 Å². The summed E-state index contributed by atoms with van der Waals surface area (Å²) in [6.45, 7) is 13.4. The molecule has 5 heteroatoms. The Balaban J connectivity index is 4.44. The van der Waals surface area contributed by atoms with Crippen LogP contribution >= 0.6 is 11.8 Å². The topological polar surface area (TPSA) is 47.9 Å². The number of thioether (sulfide) groups is 1. The van der Waals surface area contributed by atoms with E-state index in [9.17, 15) is 5.11 Å². The third kappa shape index (κ3) is 9.30. The Labute approximate surface area is 123 Å². The number of amidine groups is 1. The third-order valence-electron chi connectivity index (χ3n) is 2.62. The summed E-state index contributed by atoms with van der Waals surface area (Å²) in [5.41, 5.74) is -0.663. The Kier molecular flexibility index (Phi) is 9.48. The molecule has 0 aromatic carbocycles. The van der Waals surface area contributed by atoms with Crippen LogP contribution in [0.4, 0.5) is 0 Å². The van der Waals surface area contributed by atoms with Gasteiger partial charge in [0.05, 0.1) is 5.60 Å². The number of rotatable bonds is 8. The van der Waals surface area contributed by atoms with Crippen molar-refractivity contribution in [3.8, 4) is 0 Å². The average Bonchev–Trinajstić information content (AvgIpc) is 2.32. The summed E-state index contributed by atoms with van der Waals surface area (Å²) in [7, 11) is 0. The largest absolute Gasteiger partial charge is 0.389 e. The molecule has 0 aliphatic rings. The number of nitrogens with zero attached hydrogens (tertiary/aromatic N) is 2. The first kappa shape index (κ1) is 18.7. The van der Waals surface area contributed by atoms with Gasteiger partial charge in [0.2, 0.25) is 0 Å². The number of aliphatic hydroxyl groups is 1. The van der Waals surface area contributed by atoms with Gasteiger partial charge in [-0.3, -0.25) is 4.99 Å². The summed E-state index contributed by atoms with van der Waals surface area (Å²) in [6, 6.07) is 0.326. The molecule has 0 radical (unpaired) electrons. The summed E-state index contributed by atoms with van der Waals surface area (Å²) in [4.78, 5) is 6.88. The second kappa shape index (κ2) is 9.61. The molecule has 1 unspecified atom stereocenters. The number of aliphatic imine (C=N–C) groups is 1. The Morgan fingerprint density at radius 2 is 2.05 bits per heavy atom. The molecule has 1 atom stereocenters. The van der Waals surface area contributed by atoms with Gasteiger partial charge in [0.1, 0.15) is 0 Å². The molecule has 0 amide bonds. The van der Waals surface area contributed by atoms with Crippen LogP contribution in [-0.4, -0.2) is 59.3 Å². The lowest BCUT2D eigenvalue weighted by molar-refractivity contribution is 0.0761. The summed E-state index contributed by atoms with van der Waals surface area (Å²) in [5, 5.41) is 14.2. The van der Waals surface area contributed by atoms with E-state index < -0.39 is 5.60 Å². The van der Waals surface area contributed by atoms with Crippen LogP contribution in [0, 0.1) is 0 Å². The zero-order chi connectivity index (χ0) is 14.9. The molecule has 4 nitrogen and oxygen atoms in total. The number of hydrogen-bond donors (Lipinski definition) is 2. The van der Waals surface area contributed by atoms with Crippen LogP contribution in [0.2, 0.25) is 0 Å². The molecule has 0 aromatic rings. The normalized spacial score (nSPS) is 14.6. The molecule has 0 fully saturated rings. The lowest BCUT2D eigenvalue weighted by atomic mass is 10.1. The predicted molar refractivity (Wildman–Crippen MR) is 87.1 cm³/mol. The second-order valence-corrected chi connectivity index (χ2v) is 6.27. The zero-order valence-corrected chi connectivity index (χ0v) is 14.2. The summed E-state index contributed by atoms with van der Waals surface area (Å²) in [5.74, 6) is 0. The van der Waals surface area contributed by atoms with Crippen LogP contribution in [0.1, 0.15) is 41.0 Å². The fourth-order valence-corrected chi connectivity index (χ4v) is 2.47. The maximum Gasteiger partial charge on any atom is 0.158 e. The van der Waals surface area contributed by atoms with Crippen molar-refractivity contribution in [1.82, 2.24) is 10.2 Å². The van der Waals surface area contributed by atoms with Crippen LogP contribution in [0.25, 0.3) is 0 Å². The maximum absolute atomic E-state index is 9.74. The van der Waals surface area contributed by atoms with E-state index in [2.05, 4.69) is 42.2 Å². The van der Waals surface area contributed by atoms with Crippen molar-refractivity contribution in [3.05, 3.63) is 0 Å². The minimum Gasteiger partial charge on any atom is -0.389 e. The SMILES string of the molecule is CCCN(CC(C)NCC(C)(C)O)C(=NCC)SC. The van der Waals surface area contributed by atoms with Crippen LogP contribution in [0.3, 0.4) is 0 Å². The van der Waals surface area contributed by atoms with E-state index in [-0.39, 0.29) is 0 Å².